The molecule has 2 heterocycles. The Labute approximate surface area is 122 Å². The van der Waals surface area contributed by atoms with E-state index in [0.717, 1.165) is 43.9 Å². The topological polar surface area (TPSA) is 36.4 Å². The smallest absolute Gasteiger partial charge is 0.222 e. The molecule has 1 aliphatic heterocycles. The largest absolute Gasteiger partial charge is 0.343 e. The molecule has 0 N–H and O–H groups in total. The Hall–Kier alpha value is -1.42. The molecule has 1 aliphatic rings. The lowest BCUT2D eigenvalue weighted by molar-refractivity contribution is -0.132. The Kier molecular flexibility index (Phi) is 7.23. The Morgan fingerprint density at radius 3 is 2.55 bits per heavy atom. The Balaban J connectivity index is 0.000000204. The van der Waals surface area contributed by atoms with Crippen LogP contribution in [0.4, 0.5) is 0 Å². The van der Waals surface area contributed by atoms with Crippen molar-refractivity contribution in [3.8, 4) is 0 Å². The van der Waals surface area contributed by atoms with Crippen LogP contribution in [-0.4, -0.2) is 47.9 Å². The summed E-state index contributed by atoms with van der Waals surface area (Å²) < 4.78 is 0. The highest BCUT2D eigenvalue weighted by Gasteiger charge is 2.14. The van der Waals surface area contributed by atoms with Crippen LogP contribution in [0.2, 0.25) is 0 Å². The molecule has 1 fully saturated rings. The molecule has 0 radical (unpaired) electrons. The summed E-state index contributed by atoms with van der Waals surface area (Å²) >= 11 is 0. The van der Waals surface area contributed by atoms with Gasteiger partial charge in [0.15, 0.2) is 0 Å². The van der Waals surface area contributed by atoms with Gasteiger partial charge >= 0.3 is 0 Å². The molecule has 0 atom stereocenters. The lowest BCUT2D eigenvalue weighted by atomic mass is 10.1. The molecule has 4 nitrogen and oxygen atoms in total. The van der Waals surface area contributed by atoms with Crippen LogP contribution >= 0.6 is 0 Å². The van der Waals surface area contributed by atoms with Gasteiger partial charge in [0.1, 0.15) is 0 Å². The first-order valence-electron chi connectivity index (χ1n) is 7.38. The molecule has 0 aliphatic carbocycles. The lowest BCUT2D eigenvalue weighted by Crippen LogP contribution is -2.34. The van der Waals surface area contributed by atoms with Gasteiger partial charge in [-0.15, -0.1) is 0 Å². The van der Waals surface area contributed by atoms with Gasteiger partial charge in [0, 0.05) is 31.7 Å². The van der Waals surface area contributed by atoms with E-state index in [-0.39, 0.29) is 0 Å². The first kappa shape index (κ1) is 16.6. The maximum absolute atomic E-state index is 11.0. The van der Waals surface area contributed by atoms with E-state index in [1.807, 2.05) is 51.0 Å². The number of nitrogens with zero attached hydrogens (tertiary/aromatic N) is 3. The highest BCUT2D eigenvalue weighted by atomic mass is 16.2. The predicted molar refractivity (Wildman–Crippen MR) is 82.5 cm³/mol. The van der Waals surface area contributed by atoms with Gasteiger partial charge in [-0.2, -0.15) is 0 Å². The number of likely N-dealkylation sites (tertiary alicyclic amines) is 1. The van der Waals surface area contributed by atoms with Crippen molar-refractivity contribution >= 4 is 5.91 Å². The SMILES string of the molecule is CCN1CCCCC1=O.Cc1cccc(CN(C)C)n1. The molecular formula is C16H27N3O. The number of aromatic nitrogens is 1. The van der Waals surface area contributed by atoms with Gasteiger partial charge in [-0.05, 0) is 52.9 Å². The molecule has 4 heteroatoms. The molecule has 1 aromatic rings. The molecule has 0 unspecified atom stereocenters. The fraction of sp³-hybridized carbons (Fsp3) is 0.625. The summed E-state index contributed by atoms with van der Waals surface area (Å²) in [4.78, 5) is 19.4. The van der Waals surface area contributed by atoms with E-state index in [4.69, 9.17) is 0 Å². The standard InChI is InChI=1S/C9H14N2.C7H13NO/c1-8-5-4-6-9(10-8)7-11(2)3;1-2-8-6-4-3-5-7(8)9/h4-6H,7H2,1-3H3;2-6H2,1H3. The van der Waals surface area contributed by atoms with Crippen LogP contribution in [0, 0.1) is 6.92 Å². The van der Waals surface area contributed by atoms with Crippen LogP contribution in [-0.2, 0) is 11.3 Å². The van der Waals surface area contributed by atoms with Crippen molar-refractivity contribution in [1.82, 2.24) is 14.8 Å². The zero-order valence-electron chi connectivity index (χ0n) is 13.2. The summed E-state index contributed by atoms with van der Waals surface area (Å²) in [5.41, 5.74) is 2.22. The van der Waals surface area contributed by atoms with Crippen molar-refractivity contribution in [2.75, 3.05) is 27.2 Å². The fourth-order valence-corrected chi connectivity index (χ4v) is 2.21. The third-order valence-corrected chi connectivity index (χ3v) is 3.23. The second-order valence-corrected chi connectivity index (χ2v) is 5.44. The molecule has 0 aromatic carbocycles. The normalized spacial score (nSPS) is 15.1. The molecule has 112 valence electrons. The molecule has 1 amide bonds. The zero-order chi connectivity index (χ0) is 15.0. The van der Waals surface area contributed by atoms with Crippen LogP contribution in [0.3, 0.4) is 0 Å². The Morgan fingerprint density at radius 1 is 1.30 bits per heavy atom. The van der Waals surface area contributed by atoms with Gasteiger partial charge in [0.25, 0.3) is 0 Å². The van der Waals surface area contributed by atoms with E-state index >= 15 is 0 Å². The van der Waals surface area contributed by atoms with Gasteiger partial charge in [0.2, 0.25) is 5.91 Å². The summed E-state index contributed by atoms with van der Waals surface area (Å²) in [7, 11) is 4.09. The number of carbonyl (C=O) groups is 1. The average Bonchev–Trinajstić information content (AvgIpc) is 2.39. The van der Waals surface area contributed by atoms with E-state index in [1.165, 1.54) is 6.42 Å². The number of carbonyl (C=O) groups excluding carboxylic acids is 1. The van der Waals surface area contributed by atoms with Gasteiger partial charge in [-0.3, -0.25) is 9.78 Å². The van der Waals surface area contributed by atoms with Crippen molar-refractivity contribution in [1.29, 1.82) is 0 Å². The minimum atomic E-state index is 0.337. The third kappa shape index (κ3) is 6.15. The molecule has 1 aromatic heterocycles. The number of aryl methyl sites for hydroxylation is 1. The first-order chi connectivity index (χ1) is 9.52. The van der Waals surface area contributed by atoms with Crippen LogP contribution in [0.25, 0.3) is 0 Å². The van der Waals surface area contributed by atoms with E-state index in [2.05, 4.69) is 9.88 Å². The van der Waals surface area contributed by atoms with Gasteiger partial charge < -0.3 is 9.80 Å². The molecular weight excluding hydrogens is 250 g/mol. The summed E-state index contributed by atoms with van der Waals surface area (Å²) in [5, 5.41) is 0. The lowest BCUT2D eigenvalue weighted by Gasteiger charge is -2.24. The summed E-state index contributed by atoms with van der Waals surface area (Å²) in [6.45, 7) is 6.83. The molecule has 0 spiro atoms. The van der Waals surface area contributed by atoms with Gasteiger partial charge in [-0.1, -0.05) is 6.07 Å². The van der Waals surface area contributed by atoms with Crippen LogP contribution in [0.1, 0.15) is 37.6 Å². The fourth-order valence-electron chi connectivity index (χ4n) is 2.21. The molecule has 0 saturated carbocycles. The predicted octanol–water partition coefficient (Wildman–Crippen LogP) is 2.47. The van der Waals surface area contributed by atoms with Crippen LogP contribution in [0.5, 0.6) is 0 Å². The average molecular weight is 277 g/mol. The second kappa shape index (κ2) is 8.69. The molecule has 20 heavy (non-hydrogen) atoms. The summed E-state index contributed by atoms with van der Waals surface area (Å²) in [6, 6.07) is 6.10. The molecule has 1 saturated heterocycles. The number of pyridine rings is 1. The second-order valence-electron chi connectivity index (χ2n) is 5.44. The van der Waals surface area contributed by atoms with Crippen molar-refractivity contribution in [2.45, 2.75) is 39.7 Å². The van der Waals surface area contributed by atoms with Crippen molar-refractivity contribution < 1.29 is 4.79 Å². The third-order valence-electron chi connectivity index (χ3n) is 3.23. The van der Waals surface area contributed by atoms with E-state index < -0.39 is 0 Å². The number of rotatable bonds is 3. The van der Waals surface area contributed by atoms with E-state index in [9.17, 15) is 4.79 Å². The monoisotopic (exact) mass is 277 g/mol. The van der Waals surface area contributed by atoms with E-state index in [0.29, 0.717) is 5.91 Å². The summed E-state index contributed by atoms with van der Waals surface area (Å²) in [5.74, 6) is 0.337. The highest BCUT2D eigenvalue weighted by molar-refractivity contribution is 5.76. The number of piperidine rings is 1. The van der Waals surface area contributed by atoms with Crippen LogP contribution < -0.4 is 0 Å². The molecule has 0 bridgehead atoms. The minimum absolute atomic E-state index is 0.337. The Morgan fingerprint density at radius 2 is 2.05 bits per heavy atom. The number of hydrogen-bond acceptors (Lipinski definition) is 3. The number of amides is 1. The number of hydrogen-bond donors (Lipinski definition) is 0. The maximum Gasteiger partial charge on any atom is 0.222 e. The molecule has 2 rings (SSSR count). The quantitative estimate of drug-likeness (QED) is 0.851. The maximum atomic E-state index is 11.0. The van der Waals surface area contributed by atoms with Crippen molar-refractivity contribution in [2.24, 2.45) is 0 Å². The van der Waals surface area contributed by atoms with Gasteiger partial charge in [-0.25, -0.2) is 0 Å². The highest BCUT2D eigenvalue weighted by Crippen LogP contribution is 2.08. The Bertz CT molecular complexity index is 418. The minimum Gasteiger partial charge on any atom is -0.343 e. The van der Waals surface area contributed by atoms with Crippen LogP contribution in [0.15, 0.2) is 18.2 Å². The first-order valence-corrected chi connectivity index (χ1v) is 7.38. The zero-order valence-corrected chi connectivity index (χ0v) is 13.2. The van der Waals surface area contributed by atoms with E-state index in [1.54, 1.807) is 0 Å². The van der Waals surface area contributed by atoms with Gasteiger partial charge in [0.05, 0.1) is 5.69 Å². The van der Waals surface area contributed by atoms with Crippen molar-refractivity contribution in [3.63, 3.8) is 0 Å². The van der Waals surface area contributed by atoms with Crippen molar-refractivity contribution in [3.05, 3.63) is 29.6 Å². The summed E-state index contributed by atoms with van der Waals surface area (Å²) in [6.07, 6.45) is 3.06.